The Morgan fingerprint density at radius 1 is 1.25 bits per heavy atom. The molecule has 1 rings (SSSR count). The predicted octanol–water partition coefficient (Wildman–Crippen LogP) is 0.588. The van der Waals surface area contributed by atoms with Crippen LogP contribution < -0.4 is 14.8 Å². The average molecular weight is 283 g/mol. The van der Waals surface area contributed by atoms with Crippen LogP contribution >= 0.6 is 0 Å². The molecule has 0 aliphatic rings. The number of rotatable bonds is 9. The number of methoxy groups -OCH3 is 1. The third-order valence-electron chi connectivity index (χ3n) is 2.46. The fourth-order valence-electron chi connectivity index (χ4n) is 1.56. The van der Waals surface area contributed by atoms with Crippen LogP contribution in [0, 0.1) is 0 Å². The number of amides is 1. The molecule has 0 saturated carbocycles. The molecule has 0 heterocycles. The molecule has 20 heavy (non-hydrogen) atoms. The van der Waals surface area contributed by atoms with Gasteiger partial charge in [0.1, 0.15) is 11.5 Å². The number of aliphatic hydroxyl groups is 1. The van der Waals surface area contributed by atoms with Gasteiger partial charge in [0.2, 0.25) is 0 Å². The van der Waals surface area contributed by atoms with Crippen LogP contribution in [0.3, 0.4) is 0 Å². The summed E-state index contributed by atoms with van der Waals surface area (Å²) >= 11 is 0. The van der Waals surface area contributed by atoms with E-state index in [0.29, 0.717) is 12.4 Å². The maximum Gasteiger partial charge on any atom is 0.258 e. The second-order valence-electron chi connectivity index (χ2n) is 4.10. The molecule has 0 aromatic heterocycles. The predicted molar refractivity (Wildman–Crippen MR) is 74.0 cm³/mol. The summed E-state index contributed by atoms with van der Waals surface area (Å²) in [7, 11) is 1.51. The fourth-order valence-corrected chi connectivity index (χ4v) is 1.56. The molecule has 6 nitrogen and oxygen atoms in total. The number of carbonyl (C=O) groups excluding carboxylic acids is 1. The van der Waals surface area contributed by atoms with Gasteiger partial charge in [-0.1, -0.05) is 0 Å². The van der Waals surface area contributed by atoms with Crippen molar-refractivity contribution in [3.63, 3.8) is 0 Å². The molecule has 1 amide bonds. The van der Waals surface area contributed by atoms with Gasteiger partial charge in [0.25, 0.3) is 5.91 Å². The monoisotopic (exact) mass is 283 g/mol. The molecule has 0 saturated heterocycles. The Labute approximate surface area is 118 Å². The Morgan fingerprint density at radius 3 is 2.35 bits per heavy atom. The summed E-state index contributed by atoms with van der Waals surface area (Å²) in [6.45, 7) is 2.47. The molecule has 1 atom stereocenters. The molecular formula is C14H21NO5. The first-order valence-corrected chi connectivity index (χ1v) is 6.44. The van der Waals surface area contributed by atoms with Crippen LogP contribution in [0.15, 0.2) is 24.3 Å². The Hall–Kier alpha value is -1.79. The number of hydrogen-bond acceptors (Lipinski definition) is 5. The number of carbonyl (C=O) groups is 1. The normalized spacial score (nSPS) is 11.8. The summed E-state index contributed by atoms with van der Waals surface area (Å²) < 4.78 is 15.5. The van der Waals surface area contributed by atoms with Crippen molar-refractivity contribution in [3.8, 4) is 11.5 Å². The molecule has 2 N–H and O–H groups in total. The number of hydrogen-bond donors (Lipinski definition) is 2. The van der Waals surface area contributed by atoms with Gasteiger partial charge >= 0.3 is 0 Å². The first kappa shape index (κ1) is 16.3. The van der Waals surface area contributed by atoms with Crippen LogP contribution in [0.4, 0.5) is 0 Å². The number of nitrogens with one attached hydrogen (secondary N) is 1. The maximum atomic E-state index is 11.6. The first-order valence-electron chi connectivity index (χ1n) is 6.44. The smallest absolute Gasteiger partial charge is 0.258 e. The minimum absolute atomic E-state index is 0.117. The van der Waals surface area contributed by atoms with Crippen LogP contribution in [0.1, 0.15) is 6.92 Å². The Bertz CT molecular complexity index is 393. The molecule has 6 heteroatoms. The van der Waals surface area contributed by atoms with E-state index in [1.54, 1.807) is 24.3 Å². The highest BCUT2D eigenvalue weighted by Crippen LogP contribution is 2.17. The van der Waals surface area contributed by atoms with E-state index in [1.165, 1.54) is 7.11 Å². The minimum atomic E-state index is -0.420. The molecule has 0 fully saturated rings. The maximum absolute atomic E-state index is 11.6. The van der Waals surface area contributed by atoms with E-state index in [4.69, 9.17) is 19.3 Å². The Kier molecular flexibility index (Phi) is 7.46. The highest BCUT2D eigenvalue weighted by atomic mass is 16.5. The van der Waals surface area contributed by atoms with E-state index in [0.717, 1.165) is 5.75 Å². The zero-order chi connectivity index (χ0) is 14.8. The summed E-state index contributed by atoms with van der Waals surface area (Å²) in [5.41, 5.74) is 0. The highest BCUT2D eigenvalue weighted by Gasteiger charge is 2.11. The molecule has 1 aromatic carbocycles. The third kappa shape index (κ3) is 5.90. The summed E-state index contributed by atoms with van der Waals surface area (Å²) in [4.78, 5) is 11.6. The van der Waals surface area contributed by atoms with Gasteiger partial charge in [-0.25, -0.2) is 0 Å². The van der Waals surface area contributed by atoms with E-state index >= 15 is 0 Å². The summed E-state index contributed by atoms with van der Waals surface area (Å²) in [6.07, 6.45) is 0. The fraction of sp³-hybridized carbons (Fsp3) is 0.500. The van der Waals surface area contributed by atoms with E-state index in [2.05, 4.69) is 5.32 Å². The summed E-state index contributed by atoms with van der Waals surface area (Å²) in [5, 5.41) is 11.6. The minimum Gasteiger partial charge on any atom is -0.494 e. The number of ether oxygens (including phenoxy) is 3. The standard InChI is InChI=1S/C14H21NO5/c1-3-19-12-4-6-13(7-5-12)20-10-14(17)15-11(8-16)9-18-2/h4-7,11,16H,3,8-10H2,1-2H3,(H,15,17). The lowest BCUT2D eigenvalue weighted by molar-refractivity contribution is -0.124. The van der Waals surface area contributed by atoms with Crippen molar-refractivity contribution < 1.29 is 24.1 Å². The molecule has 0 aliphatic carbocycles. The average Bonchev–Trinajstić information content (AvgIpc) is 2.46. The number of aliphatic hydroxyl groups excluding tert-OH is 1. The van der Waals surface area contributed by atoms with Crippen LogP contribution in [-0.4, -0.2) is 50.6 Å². The zero-order valence-corrected chi connectivity index (χ0v) is 11.8. The van der Waals surface area contributed by atoms with Gasteiger partial charge in [-0.3, -0.25) is 4.79 Å². The van der Waals surface area contributed by atoms with Gasteiger partial charge in [0, 0.05) is 7.11 Å². The van der Waals surface area contributed by atoms with Gasteiger partial charge < -0.3 is 24.6 Å². The first-order chi connectivity index (χ1) is 9.69. The summed E-state index contributed by atoms with van der Waals surface area (Å²) in [6, 6.07) is 6.60. The topological polar surface area (TPSA) is 77.0 Å². The lowest BCUT2D eigenvalue weighted by atomic mass is 10.3. The van der Waals surface area contributed by atoms with E-state index < -0.39 is 6.04 Å². The molecule has 0 bridgehead atoms. The lowest BCUT2D eigenvalue weighted by Gasteiger charge is -2.15. The van der Waals surface area contributed by atoms with Crippen molar-refractivity contribution in [2.24, 2.45) is 0 Å². The van der Waals surface area contributed by atoms with Crippen LogP contribution in [-0.2, 0) is 9.53 Å². The quantitative estimate of drug-likeness (QED) is 0.693. The lowest BCUT2D eigenvalue weighted by Crippen LogP contribution is -2.42. The third-order valence-corrected chi connectivity index (χ3v) is 2.46. The van der Waals surface area contributed by atoms with E-state index in [1.807, 2.05) is 6.92 Å². The van der Waals surface area contributed by atoms with E-state index in [9.17, 15) is 4.79 Å². The van der Waals surface area contributed by atoms with Gasteiger partial charge in [0.05, 0.1) is 25.9 Å². The second-order valence-corrected chi connectivity index (χ2v) is 4.10. The second kappa shape index (κ2) is 9.17. The largest absolute Gasteiger partial charge is 0.494 e. The van der Waals surface area contributed by atoms with Gasteiger partial charge in [-0.15, -0.1) is 0 Å². The molecule has 1 unspecified atom stereocenters. The Balaban J connectivity index is 2.36. The number of benzene rings is 1. The van der Waals surface area contributed by atoms with Crippen molar-refractivity contribution in [1.29, 1.82) is 0 Å². The molecule has 0 spiro atoms. The highest BCUT2D eigenvalue weighted by molar-refractivity contribution is 5.77. The molecule has 0 radical (unpaired) electrons. The van der Waals surface area contributed by atoms with Gasteiger partial charge in [0.15, 0.2) is 6.61 Å². The Morgan fingerprint density at radius 2 is 1.85 bits per heavy atom. The molecule has 112 valence electrons. The van der Waals surface area contributed by atoms with Crippen molar-refractivity contribution in [2.45, 2.75) is 13.0 Å². The van der Waals surface area contributed by atoms with Gasteiger partial charge in [-0.05, 0) is 31.2 Å². The molecular weight excluding hydrogens is 262 g/mol. The van der Waals surface area contributed by atoms with Crippen molar-refractivity contribution in [2.75, 3.05) is 33.5 Å². The van der Waals surface area contributed by atoms with Crippen LogP contribution in [0.5, 0.6) is 11.5 Å². The zero-order valence-electron chi connectivity index (χ0n) is 11.8. The summed E-state index contributed by atoms with van der Waals surface area (Å²) in [5.74, 6) is 1.02. The van der Waals surface area contributed by atoms with E-state index in [-0.39, 0.29) is 25.7 Å². The van der Waals surface area contributed by atoms with Crippen molar-refractivity contribution in [3.05, 3.63) is 24.3 Å². The van der Waals surface area contributed by atoms with Crippen LogP contribution in [0.25, 0.3) is 0 Å². The van der Waals surface area contributed by atoms with Crippen LogP contribution in [0.2, 0.25) is 0 Å². The van der Waals surface area contributed by atoms with Gasteiger partial charge in [-0.2, -0.15) is 0 Å². The SMILES string of the molecule is CCOc1ccc(OCC(=O)NC(CO)COC)cc1. The van der Waals surface area contributed by atoms with Crippen molar-refractivity contribution >= 4 is 5.91 Å². The van der Waals surface area contributed by atoms with Crippen molar-refractivity contribution in [1.82, 2.24) is 5.32 Å². The molecule has 1 aromatic rings. The molecule has 0 aliphatic heterocycles.